The van der Waals surface area contributed by atoms with E-state index in [-0.39, 0.29) is 18.2 Å². The fourth-order valence-corrected chi connectivity index (χ4v) is 2.17. The first-order chi connectivity index (χ1) is 11.5. The lowest BCUT2D eigenvalue weighted by molar-refractivity contribution is -0.384. The first-order valence-electron chi connectivity index (χ1n) is 7.76. The van der Waals surface area contributed by atoms with E-state index in [1.54, 1.807) is 6.07 Å². The molecule has 6 nitrogen and oxygen atoms in total. The molecule has 0 heterocycles. The molecule has 1 atom stereocenters. The molecule has 0 fully saturated rings. The molecule has 24 heavy (non-hydrogen) atoms. The van der Waals surface area contributed by atoms with Crippen LogP contribution < -0.4 is 10.1 Å². The SMILES string of the molecule is CCC(C)c1ccc(OCC(=O)Nc2cccc([N+](=O)[O-])c2)cc1. The molecule has 1 amide bonds. The number of nitrogens with one attached hydrogen (secondary N) is 1. The summed E-state index contributed by atoms with van der Waals surface area (Å²) in [5, 5.41) is 13.3. The van der Waals surface area contributed by atoms with Gasteiger partial charge in [-0.1, -0.05) is 32.0 Å². The average Bonchev–Trinajstić information content (AvgIpc) is 2.60. The Kier molecular flexibility index (Phi) is 5.89. The molecule has 126 valence electrons. The van der Waals surface area contributed by atoms with Gasteiger partial charge < -0.3 is 10.1 Å². The molecule has 0 aliphatic carbocycles. The van der Waals surface area contributed by atoms with E-state index in [0.29, 0.717) is 17.4 Å². The maximum atomic E-state index is 11.9. The van der Waals surface area contributed by atoms with Gasteiger partial charge in [0, 0.05) is 17.8 Å². The van der Waals surface area contributed by atoms with Crippen molar-refractivity contribution in [3.8, 4) is 5.75 Å². The largest absolute Gasteiger partial charge is 0.484 e. The second-order valence-electron chi connectivity index (χ2n) is 5.52. The summed E-state index contributed by atoms with van der Waals surface area (Å²) >= 11 is 0. The quantitative estimate of drug-likeness (QED) is 0.612. The van der Waals surface area contributed by atoms with Gasteiger partial charge in [-0.05, 0) is 36.1 Å². The molecule has 0 aliphatic rings. The van der Waals surface area contributed by atoms with Crippen molar-refractivity contribution in [3.05, 3.63) is 64.2 Å². The Hall–Kier alpha value is -2.89. The number of rotatable bonds is 7. The Balaban J connectivity index is 1.89. The summed E-state index contributed by atoms with van der Waals surface area (Å²) in [6.45, 7) is 4.13. The summed E-state index contributed by atoms with van der Waals surface area (Å²) in [7, 11) is 0. The highest BCUT2D eigenvalue weighted by Gasteiger charge is 2.09. The number of amides is 1. The van der Waals surface area contributed by atoms with E-state index in [1.807, 2.05) is 24.3 Å². The van der Waals surface area contributed by atoms with Crippen molar-refractivity contribution in [2.75, 3.05) is 11.9 Å². The third kappa shape index (κ3) is 4.81. The Morgan fingerprint density at radius 2 is 1.96 bits per heavy atom. The maximum Gasteiger partial charge on any atom is 0.271 e. The topological polar surface area (TPSA) is 81.5 Å². The first-order valence-corrected chi connectivity index (χ1v) is 7.76. The molecule has 0 radical (unpaired) electrons. The average molecular weight is 328 g/mol. The van der Waals surface area contributed by atoms with E-state index < -0.39 is 4.92 Å². The molecule has 0 bridgehead atoms. The van der Waals surface area contributed by atoms with Crippen molar-refractivity contribution >= 4 is 17.3 Å². The van der Waals surface area contributed by atoms with Crippen LogP contribution in [0.4, 0.5) is 11.4 Å². The zero-order chi connectivity index (χ0) is 17.5. The number of anilines is 1. The highest BCUT2D eigenvalue weighted by atomic mass is 16.6. The molecule has 0 aromatic heterocycles. The lowest BCUT2D eigenvalue weighted by Gasteiger charge is -2.11. The van der Waals surface area contributed by atoms with Crippen LogP contribution in [0.1, 0.15) is 31.7 Å². The molecule has 2 aromatic carbocycles. The molecule has 6 heteroatoms. The number of hydrogen-bond donors (Lipinski definition) is 1. The van der Waals surface area contributed by atoms with Crippen molar-refractivity contribution in [1.82, 2.24) is 0 Å². The lowest BCUT2D eigenvalue weighted by atomic mass is 9.99. The minimum atomic E-state index is -0.509. The fraction of sp³-hybridized carbons (Fsp3) is 0.278. The van der Waals surface area contributed by atoms with Crippen LogP contribution in [0.2, 0.25) is 0 Å². The van der Waals surface area contributed by atoms with Gasteiger partial charge in [0.15, 0.2) is 6.61 Å². The maximum absolute atomic E-state index is 11.9. The smallest absolute Gasteiger partial charge is 0.271 e. The van der Waals surface area contributed by atoms with Gasteiger partial charge in [0.1, 0.15) is 5.75 Å². The van der Waals surface area contributed by atoms with Crippen LogP contribution in [0.3, 0.4) is 0 Å². The van der Waals surface area contributed by atoms with Crippen LogP contribution in [-0.2, 0) is 4.79 Å². The van der Waals surface area contributed by atoms with Gasteiger partial charge in [0.2, 0.25) is 0 Å². The highest BCUT2D eigenvalue weighted by molar-refractivity contribution is 5.92. The summed E-state index contributed by atoms with van der Waals surface area (Å²) in [5.41, 5.74) is 1.52. The Bertz CT molecular complexity index is 713. The van der Waals surface area contributed by atoms with Gasteiger partial charge in [-0.15, -0.1) is 0 Å². The van der Waals surface area contributed by atoms with E-state index in [4.69, 9.17) is 4.74 Å². The third-order valence-corrected chi connectivity index (χ3v) is 3.77. The number of nitro benzene ring substituents is 1. The van der Waals surface area contributed by atoms with Crippen molar-refractivity contribution < 1.29 is 14.5 Å². The summed E-state index contributed by atoms with van der Waals surface area (Å²) < 4.78 is 5.44. The number of non-ortho nitro benzene ring substituents is 1. The number of carbonyl (C=O) groups is 1. The molecule has 0 saturated carbocycles. The Morgan fingerprint density at radius 3 is 2.58 bits per heavy atom. The molecule has 2 aromatic rings. The van der Waals surface area contributed by atoms with E-state index in [9.17, 15) is 14.9 Å². The Morgan fingerprint density at radius 1 is 1.25 bits per heavy atom. The van der Waals surface area contributed by atoms with Gasteiger partial charge in [-0.2, -0.15) is 0 Å². The first kappa shape index (κ1) is 17.5. The molecular formula is C18H20N2O4. The van der Waals surface area contributed by atoms with Crippen LogP contribution in [-0.4, -0.2) is 17.4 Å². The fourth-order valence-electron chi connectivity index (χ4n) is 2.17. The van der Waals surface area contributed by atoms with E-state index in [1.165, 1.54) is 23.8 Å². The monoisotopic (exact) mass is 328 g/mol. The Labute approximate surface area is 140 Å². The minimum Gasteiger partial charge on any atom is -0.484 e. The summed E-state index contributed by atoms with van der Waals surface area (Å²) in [6.07, 6.45) is 1.06. The van der Waals surface area contributed by atoms with Crippen LogP contribution in [0.25, 0.3) is 0 Å². The zero-order valence-corrected chi connectivity index (χ0v) is 13.7. The van der Waals surface area contributed by atoms with E-state index in [2.05, 4.69) is 19.2 Å². The van der Waals surface area contributed by atoms with E-state index >= 15 is 0 Å². The standard InChI is InChI=1S/C18H20N2O4/c1-3-13(2)14-7-9-17(10-8-14)24-12-18(21)19-15-5-4-6-16(11-15)20(22)23/h4-11,13H,3,12H2,1-2H3,(H,19,21). The van der Waals surface area contributed by atoms with Gasteiger partial charge in [0.05, 0.1) is 4.92 Å². The molecular weight excluding hydrogens is 308 g/mol. The molecule has 0 spiro atoms. The van der Waals surface area contributed by atoms with Crippen LogP contribution >= 0.6 is 0 Å². The molecule has 0 aliphatic heterocycles. The molecule has 2 rings (SSSR count). The number of nitrogens with zero attached hydrogens (tertiary/aromatic N) is 1. The van der Waals surface area contributed by atoms with Gasteiger partial charge >= 0.3 is 0 Å². The third-order valence-electron chi connectivity index (χ3n) is 3.77. The predicted octanol–water partition coefficient (Wildman–Crippen LogP) is 4.13. The van der Waals surface area contributed by atoms with Gasteiger partial charge in [-0.25, -0.2) is 0 Å². The second-order valence-corrected chi connectivity index (χ2v) is 5.52. The number of benzene rings is 2. The van der Waals surface area contributed by atoms with Crippen molar-refractivity contribution in [2.24, 2.45) is 0 Å². The summed E-state index contributed by atoms with van der Waals surface area (Å²) in [6, 6.07) is 13.4. The number of carbonyl (C=O) groups excluding carboxylic acids is 1. The van der Waals surface area contributed by atoms with Crippen LogP contribution in [0.15, 0.2) is 48.5 Å². The summed E-state index contributed by atoms with van der Waals surface area (Å²) in [4.78, 5) is 22.1. The molecule has 1 unspecified atom stereocenters. The van der Waals surface area contributed by atoms with Gasteiger partial charge in [-0.3, -0.25) is 14.9 Å². The normalized spacial score (nSPS) is 11.6. The number of nitro groups is 1. The lowest BCUT2D eigenvalue weighted by Crippen LogP contribution is -2.20. The van der Waals surface area contributed by atoms with Crippen LogP contribution in [0, 0.1) is 10.1 Å². The van der Waals surface area contributed by atoms with Gasteiger partial charge in [0.25, 0.3) is 11.6 Å². The minimum absolute atomic E-state index is 0.0747. The van der Waals surface area contributed by atoms with E-state index in [0.717, 1.165) is 6.42 Å². The predicted molar refractivity (Wildman–Crippen MR) is 92.4 cm³/mol. The van der Waals surface area contributed by atoms with Crippen LogP contribution in [0.5, 0.6) is 5.75 Å². The molecule has 0 saturated heterocycles. The molecule has 1 N–H and O–H groups in total. The highest BCUT2D eigenvalue weighted by Crippen LogP contribution is 2.21. The number of ether oxygens (including phenoxy) is 1. The summed E-state index contributed by atoms with van der Waals surface area (Å²) in [5.74, 6) is 0.717. The van der Waals surface area contributed by atoms with Crippen molar-refractivity contribution in [3.63, 3.8) is 0 Å². The van der Waals surface area contributed by atoms with Crippen molar-refractivity contribution in [2.45, 2.75) is 26.2 Å². The zero-order valence-electron chi connectivity index (χ0n) is 13.7. The number of hydrogen-bond acceptors (Lipinski definition) is 4. The van der Waals surface area contributed by atoms with Crippen molar-refractivity contribution in [1.29, 1.82) is 0 Å². The second kappa shape index (κ2) is 8.10.